The maximum atomic E-state index is 11.7. The van der Waals surface area contributed by atoms with E-state index in [1.54, 1.807) is 4.31 Å². The fraction of sp³-hybridized carbons (Fsp3) is 1.00. The van der Waals surface area contributed by atoms with Crippen molar-refractivity contribution in [1.82, 2.24) is 9.21 Å². The second-order valence-corrected chi connectivity index (χ2v) is 5.75. The summed E-state index contributed by atoms with van der Waals surface area (Å²) < 4.78 is 25.0. The van der Waals surface area contributed by atoms with Gasteiger partial charge in [-0.1, -0.05) is 0 Å². The molecule has 84 valence electrons. The smallest absolute Gasteiger partial charge is 0.214 e. The van der Waals surface area contributed by atoms with Crippen molar-refractivity contribution in [3.8, 4) is 0 Å². The summed E-state index contributed by atoms with van der Waals surface area (Å²) in [6, 6.07) is 0. The van der Waals surface area contributed by atoms with Crippen LogP contribution in [0, 0.1) is 0 Å². The van der Waals surface area contributed by atoms with Gasteiger partial charge < -0.3 is 10.6 Å². The van der Waals surface area contributed by atoms with E-state index >= 15 is 0 Å². The minimum Gasteiger partial charge on any atom is -0.330 e. The van der Waals surface area contributed by atoms with E-state index in [9.17, 15) is 8.42 Å². The lowest BCUT2D eigenvalue weighted by Gasteiger charge is -2.31. The zero-order valence-electron chi connectivity index (χ0n) is 8.65. The Hall–Kier alpha value is -0.170. The Morgan fingerprint density at radius 3 is 2.29 bits per heavy atom. The molecule has 14 heavy (non-hydrogen) atoms. The van der Waals surface area contributed by atoms with E-state index in [1.165, 1.54) is 0 Å². The standard InChI is InChI=1S/C8H19N3O2S/c1-10-4-6-11(7-5-10)14(12,13)8-2-3-9/h2-9H2,1H3. The molecule has 6 heteroatoms. The van der Waals surface area contributed by atoms with Crippen molar-refractivity contribution in [2.45, 2.75) is 6.42 Å². The van der Waals surface area contributed by atoms with Gasteiger partial charge in [-0.15, -0.1) is 0 Å². The molecule has 0 aromatic heterocycles. The first-order valence-corrected chi connectivity index (χ1v) is 6.53. The van der Waals surface area contributed by atoms with Crippen LogP contribution in [0.1, 0.15) is 6.42 Å². The Labute approximate surface area is 85.9 Å². The first-order valence-electron chi connectivity index (χ1n) is 4.92. The van der Waals surface area contributed by atoms with Crippen LogP contribution in [0.2, 0.25) is 0 Å². The van der Waals surface area contributed by atoms with E-state index < -0.39 is 10.0 Å². The Balaban J connectivity index is 2.47. The molecule has 1 saturated heterocycles. The number of nitrogens with zero attached hydrogens (tertiary/aromatic N) is 2. The third kappa shape index (κ3) is 3.20. The molecule has 0 aromatic rings. The molecule has 0 radical (unpaired) electrons. The highest BCUT2D eigenvalue weighted by Gasteiger charge is 2.24. The van der Waals surface area contributed by atoms with Gasteiger partial charge in [0.25, 0.3) is 0 Å². The molecule has 0 spiro atoms. The second-order valence-electron chi connectivity index (χ2n) is 3.66. The lowest BCUT2D eigenvalue weighted by Crippen LogP contribution is -2.47. The van der Waals surface area contributed by atoms with E-state index in [-0.39, 0.29) is 5.75 Å². The fourth-order valence-corrected chi connectivity index (χ4v) is 2.97. The highest BCUT2D eigenvalue weighted by atomic mass is 32.2. The van der Waals surface area contributed by atoms with Gasteiger partial charge in [-0.2, -0.15) is 4.31 Å². The summed E-state index contributed by atoms with van der Waals surface area (Å²) in [5.74, 6) is 0.188. The number of rotatable bonds is 4. The molecule has 0 saturated carbocycles. The molecule has 1 fully saturated rings. The van der Waals surface area contributed by atoms with Crippen molar-refractivity contribution in [3.63, 3.8) is 0 Å². The van der Waals surface area contributed by atoms with E-state index in [0.717, 1.165) is 13.1 Å². The van der Waals surface area contributed by atoms with E-state index in [4.69, 9.17) is 5.73 Å². The summed E-state index contributed by atoms with van der Waals surface area (Å²) in [7, 11) is -1.04. The molecule has 0 aromatic carbocycles. The van der Waals surface area contributed by atoms with Gasteiger partial charge in [0.15, 0.2) is 0 Å². The maximum absolute atomic E-state index is 11.7. The van der Waals surface area contributed by atoms with Gasteiger partial charge in [0.2, 0.25) is 10.0 Å². The fourth-order valence-electron chi connectivity index (χ4n) is 1.46. The Bertz CT molecular complexity index is 258. The number of piperazine rings is 1. The van der Waals surface area contributed by atoms with Crippen LogP contribution < -0.4 is 5.73 Å². The number of likely N-dealkylation sites (N-methyl/N-ethyl adjacent to an activating group) is 1. The van der Waals surface area contributed by atoms with Crippen LogP contribution in [0.4, 0.5) is 0 Å². The van der Waals surface area contributed by atoms with Crippen LogP contribution in [0.3, 0.4) is 0 Å². The third-order valence-corrected chi connectivity index (χ3v) is 4.42. The molecule has 0 bridgehead atoms. The number of hydrogen-bond acceptors (Lipinski definition) is 4. The van der Waals surface area contributed by atoms with Gasteiger partial charge in [0, 0.05) is 26.2 Å². The highest BCUT2D eigenvalue weighted by Crippen LogP contribution is 2.07. The van der Waals surface area contributed by atoms with Crippen molar-refractivity contribution in [2.24, 2.45) is 5.73 Å². The average Bonchev–Trinajstić information content (AvgIpc) is 2.16. The summed E-state index contributed by atoms with van der Waals surface area (Å²) in [6.07, 6.45) is 0.550. The van der Waals surface area contributed by atoms with Crippen LogP contribution in [-0.2, 0) is 10.0 Å². The van der Waals surface area contributed by atoms with Crippen molar-refractivity contribution < 1.29 is 8.42 Å². The quantitative estimate of drug-likeness (QED) is 0.655. The van der Waals surface area contributed by atoms with Gasteiger partial charge in [-0.05, 0) is 20.0 Å². The normalized spacial score (nSPS) is 21.3. The monoisotopic (exact) mass is 221 g/mol. The topological polar surface area (TPSA) is 66.6 Å². The largest absolute Gasteiger partial charge is 0.330 e. The van der Waals surface area contributed by atoms with Crippen molar-refractivity contribution >= 4 is 10.0 Å². The predicted molar refractivity (Wildman–Crippen MR) is 56.5 cm³/mol. The first kappa shape index (κ1) is 11.9. The van der Waals surface area contributed by atoms with Gasteiger partial charge in [0.1, 0.15) is 0 Å². The van der Waals surface area contributed by atoms with Crippen LogP contribution in [0.25, 0.3) is 0 Å². The minimum absolute atomic E-state index is 0.188. The zero-order chi connectivity index (χ0) is 10.6. The SMILES string of the molecule is CN1CCN(S(=O)(=O)CCCN)CC1. The summed E-state index contributed by atoms with van der Waals surface area (Å²) in [5.41, 5.74) is 5.30. The molecule has 1 aliphatic heterocycles. The minimum atomic E-state index is -3.04. The van der Waals surface area contributed by atoms with Crippen molar-refractivity contribution in [3.05, 3.63) is 0 Å². The number of hydrogen-bond donors (Lipinski definition) is 1. The average molecular weight is 221 g/mol. The van der Waals surface area contributed by atoms with Gasteiger partial charge >= 0.3 is 0 Å². The second kappa shape index (κ2) is 5.06. The van der Waals surface area contributed by atoms with Crippen LogP contribution in [0.15, 0.2) is 0 Å². The van der Waals surface area contributed by atoms with Crippen molar-refractivity contribution in [1.29, 1.82) is 0 Å². The Morgan fingerprint density at radius 1 is 1.21 bits per heavy atom. The third-order valence-electron chi connectivity index (χ3n) is 2.46. The summed E-state index contributed by atoms with van der Waals surface area (Å²) in [6.45, 7) is 3.31. The molecule has 0 aliphatic carbocycles. The summed E-state index contributed by atoms with van der Waals surface area (Å²) in [5, 5.41) is 0. The van der Waals surface area contributed by atoms with Gasteiger partial charge in [-0.3, -0.25) is 0 Å². The lowest BCUT2D eigenvalue weighted by atomic mass is 10.4. The van der Waals surface area contributed by atoms with Crippen molar-refractivity contribution in [2.75, 3.05) is 45.5 Å². The predicted octanol–water partition coefficient (Wildman–Crippen LogP) is -1.09. The molecular weight excluding hydrogens is 202 g/mol. The van der Waals surface area contributed by atoms with E-state index in [2.05, 4.69) is 4.90 Å². The molecule has 2 N–H and O–H groups in total. The molecule has 1 aliphatic rings. The number of sulfonamides is 1. The zero-order valence-corrected chi connectivity index (χ0v) is 9.46. The number of nitrogens with two attached hydrogens (primary N) is 1. The Morgan fingerprint density at radius 2 is 1.79 bits per heavy atom. The molecule has 0 atom stereocenters. The van der Waals surface area contributed by atoms with Crippen LogP contribution >= 0.6 is 0 Å². The van der Waals surface area contributed by atoms with Crippen LogP contribution in [-0.4, -0.2) is 63.1 Å². The van der Waals surface area contributed by atoms with Gasteiger partial charge in [-0.25, -0.2) is 8.42 Å². The molecule has 0 unspecified atom stereocenters. The maximum Gasteiger partial charge on any atom is 0.214 e. The summed E-state index contributed by atoms with van der Waals surface area (Å²) in [4.78, 5) is 2.13. The molecule has 0 amide bonds. The Kier molecular flexibility index (Phi) is 4.31. The van der Waals surface area contributed by atoms with E-state index in [0.29, 0.717) is 26.1 Å². The highest BCUT2D eigenvalue weighted by molar-refractivity contribution is 7.89. The van der Waals surface area contributed by atoms with Gasteiger partial charge in [0.05, 0.1) is 5.75 Å². The molecular formula is C8H19N3O2S. The molecule has 5 nitrogen and oxygen atoms in total. The summed E-state index contributed by atoms with van der Waals surface area (Å²) >= 11 is 0. The molecule has 1 rings (SSSR count). The van der Waals surface area contributed by atoms with Crippen LogP contribution in [0.5, 0.6) is 0 Å². The van der Waals surface area contributed by atoms with E-state index in [1.807, 2.05) is 7.05 Å². The molecule has 1 heterocycles. The first-order chi connectivity index (χ1) is 6.56. The lowest BCUT2D eigenvalue weighted by molar-refractivity contribution is 0.222.